The van der Waals surface area contributed by atoms with E-state index in [9.17, 15) is 18.7 Å². The molecule has 172 valence electrons. The van der Waals surface area contributed by atoms with Crippen molar-refractivity contribution in [3.8, 4) is 16.5 Å². The maximum absolute atomic E-state index is 13.9. The molecule has 0 fully saturated rings. The van der Waals surface area contributed by atoms with Crippen LogP contribution in [0.25, 0.3) is 5.69 Å². The number of halogens is 3. The molecule has 7 nitrogen and oxygen atoms in total. The molecule has 0 aliphatic carbocycles. The van der Waals surface area contributed by atoms with Crippen LogP contribution >= 0.6 is 22.9 Å². The third kappa shape index (κ3) is 4.68. The van der Waals surface area contributed by atoms with E-state index in [1.165, 1.54) is 29.8 Å². The molecule has 2 aromatic heterocycles. The Morgan fingerprint density at radius 3 is 2.52 bits per heavy atom. The third-order valence-corrected chi connectivity index (χ3v) is 6.41. The van der Waals surface area contributed by atoms with Gasteiger partial charge in [0.15, 0.2) is 0 Å². The van der Waals surface area contributed by atoms with E-state index in [0.717, 1.165) is 21.4 Å². The van der Waals surface area contributed by atoms with Crippen LogP contribution in [0.3, 0.4) is 0 Å². The predicted octanol–water partition coefficient (Wildman–Crippen LogP) is 4.80. The van der Waals surface area contributed by atoms with Crippen molar-refractivity contribution in [3.63, 3.8) is 0 Å². The van der Waals surface area contributed by atoms with Crippen LogP contribution in [0.4, 0.5) is 8.78 Å². The van der Waals surface area contributed by atoms with Gasteiger partial charge in [-0.2, -0.15) is 9.78 Å². The highest BCUT2D eigenvalue weighted by atomic mass is 35.5. The lowest BCUT2D eigenvalue weighted by Gasteiger charge is -2.12. The van der Waals surface area contributed by atoms with Gasteiger partial charge in [0.25, 0.3) is 0 Å². The molecule has 11 heteroatoms. The summed E-state index contributed by atoms with van der Waals surface area (Å²) in [5.41, 5.74) is -0.964. The highest BCUT2D eigenvalue weighted by Gasteiger charge is 2.23. The molecule has 0 saturated heterocycles. The first-order valence-electron chi connectivity index (χ1n) is 9.80. The molecular weight excluding hydrogens is 474 g/mol. The first kappa shape index (κ1) is 23.1. The Hall–Kier alpha value is -3.08. The van der Waals surface area contributed by atoms with Crippen molar-refractivity contribution in [1.82, 2.24) is 19.3 Å². The molecule has 0 aliphatic rings. The van der Waals surface area contributed by atoms with Crippen LogP contribution in [0.1, 0.15) is 30.1 Å². The molecule has 1 N–H and O–H groups in total. The zero-order valence-electron chi connectivity index (χ0n) is 17.8. The van der Waals surface area contributed by atoms with E-state index < -0.39 is 22.9 Å². The first-order valence-corrected chi connectivity index (χ1v) is 11.0. The van der Waals surface area contributed by atoms with E-state index in [4.69, 9.17) is 16.3 Å². The van der Waals surface area contributed by atoms with Gasteiger partial charge < -0.3 is 9.84 Å². The fraction of sp³-hybridized carbons (Fsp3) is 0.227. The van der Waals surface area contributed by atoms with Gasteiger partial charge in [-0.05, 0) is 51.1 Å². The molecule has 0 aliphatic heterocycles. The van der Waals surface area contributed by atoms with Gasteiger partial charge >= 0.3 is 5.69 Å². The maximum atomic E-state index is 13.9. The van der Waals surface area contributed by atoms with Gasteiger partial charge in [0.1, 0.15) is 34.3 Å². The van der Waals surface area contributed by atoms with Gasteiger partial charge in [0.2, 0.25) is 5.06 Å². The smallest absolute Gasteiger partial charge is 0.350 e. The van der Waals surface area contributed by atoms with Gasteiger partial charge in [0.05, 0.1) is 22.9 Å². The van der Waals surface area contributed by atoms with E-state index in [1.54, 1.807) is 32.9 Å². The van der Waals surface area contributed by atoms with Gasteiger partial charge in [-0.3, -0.25) is 4.57 Å². The third-order valence-electron chi connectivity index (χ3n) is 4.76. The molecule has 33 heavy (non-hydrogen) atoms. The minimum absolute atomic E-state index is 0.215. The molecule has 0 spiro atoms. The number of aryl methyl sites for hydroxylation is 1. The Morgan fingerprint density at radius 2 is 1.91 bits per heavy atom. The lowest BCUT2D eigenvalue weighted by Crippen LogP contribution is -2.24. The van der Waals surface area contributed by atoms with Crippen molar-refractivity contribution >= 4 is 22.9 Å². The number of rotatable bonds is 6. The average molecular weight is 493 g/mol. The largest absolute Gasteiger partial charge is 0.443 e. The SMILES string of the molecule is Cc1nc(C(C)(C)O)sc1Oc1ccc(-n2ncn(Cc3c(F)cccc3F)c2=O)cc1Cl. The van der Waals surface area contributed by atoms with E-state index in [2.05, 4.69) is 10.1 Å². The molecule has 0 saturated carbocycles. The minimum Gasteiger partial charge on any atom is -0.443 e. The van der Waals surface area contributed by atoms with E-state index >= 15 is 0 Å². The highest BCUT2D eigenvalue weighted by molar-refractivity contribution is 7.13. The quantitative estimate of drug-likeness (QED) is 0.418. The molecule has 4 aromatic rings. The number of hydrogen-bond acceptors (Lipinski definition) is 6. The van der Waals surface area contributed by atoms with Crippen LogP contribution in [-0.4, -0.2) is 24.4 Å². The number of aliphatic hydroxyl groups is 1. The highest BCUT2D eigenvalue weighted by Crippen LogP contribution is 2.38. The van der Waals surface area contributed by atoms with Crippen LogP contribution in [0.5, 0.6) is 10.8 Å². The molecule has 2 aromatic carbocycles. The van der Waals surface area contributed by atoms with Crippen molar-refractivity contribution in [2.75, 3.05) is 0 Å². The summed E-state index contributed by atoms with van der Waals surface area (Å²) in [6, 6.07) is 8.15. The lowest BCUT2D eigenvalue weighted by molar-refractivity contribution is 0.0781. The van der Waals surface area contributed by atoms with Crippen molar-refractivity contribution in [1.29, 1.82) is 0 Å². The van der Waals surface area contributed by atoms with Crippen molar-refractivity contribution in [2.45, 2.75) is 32.9 Å². The number of thiazole rings is 1. The van der Waals surface area contributed by atoms with Gasteiger partial charge in [0, 0.05) is 5.56 Å². The molecule has 0 atom stereocenters. The Morgan fingerprint density at radius 1 is 1.21 bits per heavy atom. The second kappa shape index (κ2) is 8.69. The number of hydrogen-bond donors (Lipinski definition) is 1. The number of aromatic nitrogens is 4. The van der Waals surface area contributed by atoms with Crippen molar-refractivity contribution in [2.24, 2.45) is 0 Å². The van der Waals surface area contributed by atoms with Crippen molar-refractivity contribution in [3.05, 3.63) is 86.1 Å². The Balaban J connectivity index is 1.59. The summed E-state index contributed by atoms with van der Waals surface area (Å²) < 4.78 is 35.9. The van der Waals surface area contributed by atoms with Crippen LogP contribution < -0.4 is 10.4 Å². The van der Waals surface area contributed by atoms with E-state index in [-0.39, 0.29) is 17.1 Å². The molecule has 0 unspecified atom stereocenters. The van der Waals surface area contributed by atoms with E-state index in [0.29, 0.717) is 27.2 Å². The first-order chi connectivity index (χ1) is 15.5. The summed E-state index contributed by atoms with van der Waals surface area (Å²) in [7, 11) is 0. The Bertz CT molecular complexity index is 1370. The number of benzene rings is 2. The van der Waals surface area contributed by atoms with Crippen molar-refractivity contribution < 1.29 is 18.6 Å². The number of ether oxygens (including phenoxy) is 1. The zero-order valence-corrected chi connectivity index (χ0v) is 19.4. The predicted molar refractivity (Wildman–Crippen MR) is 120 cm³/mol. The summed E-state index contributed by atoms with van der Waals surface area (Å²) in [5.74, 6) is -1.16. The topological polar surface area (TPSA) is 82.2 Å². The van der Waals surface area contributed by atoms with E-state index in [1.807, 2.05) is 0 Å². The van der Waals surface area contributed by atoms with Crippen LogP contribution in [0.15, 0.2) is 47.5 Å². The summed E-state index contributed by atoms with van der Waals surface area (Å²) in [6.45, 7) is 4.72. The molecule has 0 radical (unpaired) electrons. The van der Waals surface area contributed by atoms with Crippen LogP contribution in [0, 0.1) is 18.6 Å². The zero-order chi connectivity index (χ0) is 23.9. The molecule has 4 rings (SSSR count). The second-order valence-electron chi connectivity index (χ2n) is 7.82. The minimum atomic E-state index is -1.10. The summed E-state index contributed by atoms with van der Waals surface area (Å²) in [6.07, 6.45) is 1.20. The van der Waals surface area contributed by atoms with Crippen LogP contribution in [-0.2, 0) is 12.1 Å². The lowest BCUT2D eigenvalue weighted by atomic mass is 10.2. The second-order valence-corrected chi connectivity index (χ2v) is 9.19. The molecular formula is C22H19ClF2N4O3S. The summed E-state index contributed by atoms with van der Waals surface area (Å²) >= 11 is 7.57. The standard InChI is InChI=1S/C22H19ClF2N4O3S/c1-12-19(33-20(27-12)22(2,3)31)32-18-8-7-13(9-15(18)23)29-21(30)28(11-26-29)10-14-16(24)5-4-6-17(14)25/h4-9,11,31H,10H2,1-3H3. The Kier molecular flexibility index (Phi) is 6.08. The average Bonchev–Trinajstić information content (AvgIpc) is 3.29. The Labute approximate surface area is 196 Å². The van der Waals surface area contributed by atoms with Gasteiger partial charge in [-0.25, -0.2) is 18.6 Å². The van der Waals surface area contributed by atoms with Crippen LogP contribution in [0.2, 0.25) is 5.02 Å². The molecule has 0 bridgehead atoms. The van der Waals surface area contributed by atoms with Gasteiger partial charge in [-0.1, -0.05) is 29.0 Å². The molecule has 0 amide bonds. The van der Waals surface area contributed by atoms with Gasteiger partial charge in [-0.15, -0.1) is 0 Å². The fourth-order valence-corrected chi connectivity index (χ4v) is 4.16. The normalized spacial score (nSPS) is 11.7. The monoisotopic (exact) mass is 492 g/mol. The number of nitrogens with zero attached hydrogens (tertiary/aromatic N) is 4. The maximum Gasteiger partial charge on any atom is 0.350 e. The molecule has 2 heterocycles. The summed E-state index contributed by atoms with van der Waals surface area (Å²) in [4.78, 5) is 17.1. The fourth-order valence-electron chi connectivity index (χ4n) is 3.02. The summed E-state index contributed by atoms with van der Waals surface area (Å²) in [5, 5.41) is 15.4.